The van der Waals surface area contributed by atoms with E-state index in [1.54, 1.807) is 0 Å². The Balaban J connectivity index is 1.01. The van der Waals surface area contributed by atoms with Crippen LogP contribution in [0.5, 0.6) is 0 Å². The molecule has 4 aliphatic heterocycles. The van der Waals surface area contributed by atoms with Crippen LogP contribution < -0.4 is 0 Å². The molecule has 386 valence electrons. The quantitative estimate of drug-likeness (QED) is 0.0893. The zero-order valence-corrected chi connectivity index (χ0v) is 39.7. The van der Waals surface area contributed by atoms with Crippen LogP contribution in [0.4, 0.5) is 0 Å². The molecule has 8 aliphatic rings. The lowest BCUT2D eigenvalue weighted by Crippen LogP contribution is -2.70. The van der Waals surface area contributed by atoms with Crippen LogP contribution in [-0.4, -0.2) is 192 Å². The van der Waals surface area contributed by atoms with E-state index in [-0.39, 0.29) is 42.9 Å². The summed E-state index contributed by atoms with van der Waals surface area (Å²) < 4.78 is 40.8. The Kier molecular flexibility index (Phi) is 14.3. The molecule has 20 heteroatoms. The molecule has 4 heterocycles. The van der Waals surface area contributed by atoms with Crippen molar-refractivity contribution in [1.82, 2.24) is 0 Å². The van der Waals surface area contributed by atoms with E-state index < -0.39 is 163 Å². The highest BCUT2D eigenvalue weighted by Gasteiger charge is 2.76. The maximum absolute atomic E-state index is 15.1. The Morgan fingerprint density at radius 3 is 2.00 bits per heavy atom. The number of carbonyl (C=O) groups excluding carboxylic acids is 2. The highest BCUT2D eigenvalue weighted by molar-refractivity contribution is 5.79. The first-order valence-corrected chi connectivity index (χ1v) is 24.2. The highest BCUT2D eigenvalue weighted by Crippen LogP contribution is 2.77. The number of ether oxygens (including phenoxy) is 7. The third-order valence-corrected chi connectivity index (χ3v) is 18.8. The lowest BCUT2D eigenvalue weighted by atomic mass is 9.33. The Morgan fingerprint density at radius 1 is 0.721 bits per heavy atom. The van der Waals surface area contributed by atoms with Crippen LogP contribution >= 0.6 is 0 Å². The van der Waals surface area contributed by atoms with Crippen LogP contribution in [0.3, 0.4) is 0 Å². The second kappa shape index (κ2) is 18.7. The molecule has 0 bridgehead atoms. The van der Waals surface area contributed by atoms with E-state index in [1.807, 2.05) is 13.8 Å². The number of carbonyl (C=O) groups is 2. The zero-order valence-electron chi connectivity index (χ0n) is 39.7. The van der Waals surface area contributed by atoms with Crippen molar-refractivity contribution in [2.45, 2.75) is 197 Å². The van der Waals surface area contributed by atoms with Gasteiger partial charge in [-0.3, -0.25) is 9.59 Å². The normalized spacial score (nSPS) is 54.6. The van der Waals surface area contributed by atoms with E-state index in [1.165, 1.54) is 6.92 Å². The monoisotopic (exact) mass is 970 g/mol. The van der Waals surface area contributed by atoms with E-state index in [2.05, 4.69) is 33.9 Å². The van der Waals surface area contributed by atoms with Crippen molar-refractivity contribution in [3.63, 3.8) is 0 Å². The lowest BCUT2D eigenvalue weighted by Gasteiger charge is -2.71. The van der Waals surface area contributed by atoms with Gasteiger partial charge in [0.15, 0.2) is 12.6 Å². The number of allylic oxidation sites excluding steroid dienone is 2. The second-order valence-electron chi connectivity index (χ2n) is 22.2. The minimum Gasteiger partial charge on any atom is -0.462 e. The topological polar surface area (TPSA) is 321 Å². The first-order chi connectivity index (χ1) is 31.8. The van der Waals surface area contributed by atoms with Crippen molar-refractivity contribution in [3.8, 4) is 0 Å². The molecule has 0 spiro atoms. The molecule has 11 N–H and O–H groups in total. The van der Waals surface area contributed by atoms with Gasteiger partial charge in [0.1, 0.15) is 73.2 Å². The maximum atomic E-state index is 15.1. The second-order valence-corrected chi connectivity index (χ2v) is 22.2. The van der Waals surface area contributed by atoms with Crippen molar-refractivity contribution in [3.05, 3.63) is 24.3 Å². The largest absolute Gasteiger partial charge is 0.462 e. The van der Waals surface area contributed by atoms with Gasteiger partial charge in [-0.2, -0.15) is 0 Å². The summed E-state index contributed by atoms with van der Waals surface area (Å²) in [5.74, 6) is -3.05. The molecule has 0 radical (unpaired) electrons. The van der Waals surface area contributed by atoms with Gasteiger partial charge in [0.25, 0.3) is 0 Å². The minimum absolute atomic E-state index is 0.0709. The Bertz CT molecular complexity index is 1920. The fourth-order valence-electron chi connectivity index (χ4n) is 15.0. The fraction of sp³-hybridized carbons (Fsp3) is 0.875. The van der Waals surface area contributed by atoms with Crippen molar-refractivity contribution < 1.29 is 98.9 Å². The predicted octanol–water partition coefficient (Wildman–Crippen LogP) is -1.32. The van der Waals surface area contributed by atoms with E-state index in [0.717, 1.165) is 24.0 Å². The lowest BCUT2D eigenvalue weighted by molar-refractivity contribution is -0.361. The van der Waals surface area contributed by atoms with Gasteiger partial charge in [0.05, 0.1) is 43.4 Å². The van der Waals surface area contributed by atoms with Crippen molar-refractivity contribution in [2.24, 2.45) is 51.2 Å². The average Bonchev–Trinajstić information content (AvgIpc) is 3.54. The van der Waals surface area contributed by atoms with Gasteiger partial charge in [0.2, 0.25) is 6.29 Å². The molecule has 27 atom stereocenters. The highest BCUT2D eigenvalue weighted by atomic mass is 16.8. The minimum atomic E-state index is -1.98. The standard InChI is InChI=1S/C48H74O20/c1-18(2)21-13-28(51)48(12-11-45(6)23(30(21)48)14-24-40-46(45,7)10-9-22(19(3)4)47(40,8)27(50)15-29(52)64-24)44(61)68-43-37(59)34(56)32(54)26(66-43)17-62-41-38(60)35(57)39(25(16-49)65-41)67-42-36(58)33(55)31(53)20(5)63-42/h20-28,30-43,49-51,53-60H,1,3,9-17H2,2,4-8H3/t20-,21-,22-,23-,24+,25+,26+,27+,28-,30+,31-,32+,33+,34-,35+,36+,37+,38+,39+,40-,41+,42-,43-,45+,46+,47+,48+/m0/s1. The van der Waals surface area contributed by atoms with Gasteiger partial charge in [0, 0.05) is 11.3 Å². The Morgan fingerprint density at radius 2 is 1.35 bits per heavy atom. The molecule has 8 rings (SSSR count). The molecular formula is C48H74O20. The number of hydrogen-bond donors (Lipinski definition) is 11. The third-order valence-electron chi connectivity index (χ3n) is 18.8. The number of aliphatic hydroxyl groups is 11. The summed E-state index contributed by atoms with van der Waals surface area (Å²) >= 11 is 0. The smallest absolute Gasteiger partial charge is 0.317 e. The van der Waals surface area contributed by atoms with Crippen LogP contribution in [0.25, 0.3) is 0 Å². The first-order valence-electron chi connectivity index (χ1n) is 24.2. The van der Waals surface area contributed by atoms with Crippen LogP contribution in [0, 0.1) is 51.2 Å². The Hall–Kier alpha value is -2.22. The van der Waals surface area contributed by atoms with Gasteiger partial charge in [-0.15, -0.1) is 0 Å². The van der Waals surface area contributed by atoms with Gasteiger partial charge >= 0.3 is 11.9 Å². The van der Waals surface area contributed by atoms with Crippen LogP contribution in [0.2, 0.25) is 0 Å². The van der Waals surface area contributed by atoms with E-state index >= 15 is 4.79 Å². The third kappa shape index (κ3) is 7.86. The molecule has 4 saturated heterocycles. The van der Waals surface area contributed by atoms with Crippen LogP contribution in [0.1, 0.15) is 86.5 Å². The molecule has 0 unspecified atom stereocenters. The summed E-state index contributed by atoms with van der Waals surface area (Å²) in [6, 6.07) is 0. The maximum Gasteiger partial charge on any atom is 0.317 e. The summed E-state index contributed by atoms with van der Waals surface area (Å²) in [6.45, 7) is 18.8. The van der Waals surface area contributed by atoms with Crippen molar-refractivity contribution in [2.75, 3.05) is 13.2 Å². The van der Waals surface area contributed by atoms with E-state index in [4.69, 9.17) is 33.2 Å². The summed E-state index contributed by atoms with van der Waals surface area (Å²) in [6.07, 6.45) is -25.7. The number of fused-ring (bicyclic) bond motifs is 4. The van der Waals surface area contributed by atoms with E-state index in [9.17, 15) is 61.0 Å². The summed E-state index contributed by atoms with van der Waals surface area (Å²) in [7, 11) is 0. The molecule has 8 fully saturated rings. The molecule has 20 nitrogen and oxygen atoms in total. The molecule has 4 saturated carbocycles. The van der Waals surface area contributed by atoms with E-state index in [0.29, 0.717) is 12.8 Å². The van der Waals surface area contributed by atoms with Gasteiger partial charge in [-0.05, 0) is 93.8 Å². The number of esters is 2. The predicted molar refractivity (Wildman–Crippen MR) is 232 cm³/mol. The zero-order chi connectivity index (χ0) is 49.9. The first kappa shape index (κ1) is 52.1. The van der Waals surface area contributed by atoms with Gasteiger partial charge < -0.3 is 89.3 Å². The molecular weight excluding hydrogens is 897 g/mol. The molecule has 68 heavy (non-hydrogen) atoms. The van der Waals surface area contributed by atoms with Gasteiger partial charge in [-0.1, -0.05) is 45.1 Å². The SMILES string of the molecule is C=C(C)[C@@H]1C[C@H](O)[C@]2(C(=O)O[C@@H]3O[C@H](CO[C@@H]4O[C@H](CO)[C@@H](O[C@@H]5O[C@@H](C)[C@H](O)[C@@H](O)[C@H]5O)[C@H](O)[C@H]4O)[C@@H](O)[C@H](O)[C@H]3O)CC[C@]3(C)[C@@H](C[C@H]4OC(=O)C[C@@H](O)[C@]5(C)[C@@H]4[C@@]3(C)CC[C@H]5C(=C)C)[C@@H]12. The van der Waals surface area contributed by atoms with Crippen LogP contribution in [-0.2, 0) is 42.7 Å². The molecule has 0 aromatic carbocycles. The van der Waals surface area contributed by atoms with Crippen molar-refractivity contribution in [1.29, 1.82) is 0 Å². The molecule has 0 amide bonds. The molecule has 0 aromatic heterocycles. The van der Waals surface area contributed by atoms with Gasteiger partial charge in [-0.25, -0.2) is 0 Å². The average molecular weight is 971 g/mol. The Labute approximate surface area is 395 Å². The number of aliphatic hydroxyl groups excluding tert-OH is 11. The molecule has 0 aromatic rings. The molecule has 4 aliphatic carbocycles. The summed E-state index contributed by atoms with van der Waals surface area (Å²) in [5, 5.41) is 121. The summed E-state index contributed by atoms with van der Waals surface area (Å²) in [5.41, 5.74) is -1.67. The fourth-order valence-corrected chi connectivity index (χ4v) is 15.0. The van der Waals surface area contributed by atoms with Crippen LogP contribution in [0.15, 0.2) is 24.3 Å². The number of hydrogen-bond acceptors (Lipinski definition) is 20. The summed E-state index contributed by atoms with van der Waals surface area (Å²) in [4.78, 5) is 28.6. The van der Waals surface area contributed by atoms with Crippen molar-refractivity contribution >= 4 is 11.9 Å². The number of rotatable bonds is 10.